The number of benzene rings is 3. The van der Waals surface area contributed by atoms with Crippen molar-refractivity contribution in [1.29, 1.82) is 0 Å². The van der Waals surface area contributed by atoms with Crippen molar-refractivity contribution in [2.24, 2.45) is 0 Å². The number of anilines is 1. The van der Waals surface area contributed by atoms with Gasteiger partial charge in [-0.3, -0.25) is 13.9 Å². The number of aryl methyl sites for hydroxylation is 1. The Balaban J connectivity index is 1.90. The third kappa shape index (κ3) is 9.33. The molecule has 1 N–H and O–H groups in total. The molecule has 0 heterocycles. The highest BCUT2D eigenvalue weighted by Crippen LogP contribution is 2.28. The van der Waals surface area contributed by atoms with Crippen LogP contribution in [0.2, 0.25) is 5.02 Å². The highest BCUT2D eigenvalue weighted by Gasteiger charge is 2.31. The molecular formula is C33H42ClN3O4S. The molecule has 0 radical (unpaired) electrons. The van der Waals surface area contributed by atoms with Crippen LogP contribution in [0.1, 0.15) is 55.4 Å². The van der Waals surface area contributed by atoms with Crippen molar-refractivity contribution in [2.45, 2.75) is 72.0 Å². The summed E-state index contributed by atoms with van der Waals surface area (Å²) in [5, 5.41) is 3.54. The Morgan fingerprint density at radius 1 is 0.929 bits per heavy atom. The molecule has 2 amide bonds. The minimum atomic E-state index is -3.63. The van der Waals surface area contributed by atoms with Crippen molar-refractivity contribution in [3.05, 3.63) is 100 Å². The number of nitrogens with zero attached hydrogens (tertiary/aromatic N) is 2. The minimum Gasteiger partial charge on any atom is -0.352 e. The molecule has 9 heteroatoms. The first-order valence-electron chi connectivity index (χ1n) is 14.3. The maximum atomic E-state index is 14.0. The van der Waals surface area contributed by atoms with Gasteiger partial charge in [0.2, 0.25) is 21.8 Å². The number of sulfonamides is 1. The van der Waals surface area contributed by atoms with Crippen molar-refractivity contribution in [3.8, 4) is 0 Å². The Hall–Kier alpha value is -3.36. The van der Waals surface area contributed by atoms with Crippen molar-refractivity contribution in [2.75, 3.05) is 17.1 Å². The van der Waals surface area contributed by atoms with Gasteiger partial charge in [-0.25, -0.2) is 8.42 Å². The Bertz CT molecular complexity index is 1450. The van der Waals surface area contributed by atoms with Gasteiger partial charge in [0.1, 0.15) is 6.04 Å². The molecule has 3 rings (SSSR count). The summed E-state index contributed by atoms with van der Waals surface area (Å²) in [5.41, 5.74) is 4.11. The lowest BCUT2D eigenvalue weighted by molar-refractivity contribution is -0.141. The lowest BCUT2D eigenvalue weighted by Crippen LogP contribution is -2.52. The fraction of sp³-hybridized carbons (Fsp3) is 0.394. The molecule has 42 heavy (non-hydrogen) atoms. The molecule has 0 spiro atoms. The highest BCUT2D eigenvalue weighted by molar-refractivity contribution is 7.92. The number of amides is 2. The topological polar surface area (TPSA) is 86.8 Å². The van der Waals surface area contributed by atoms with E-state index in [9.17, 15) is 18.0 Å². The number of hydrogen-bond acceptors (Lipinski definition) is 4. The first kappa shape index (κ1) is 33.1. The fourth-order valence-corrected chi connectivity index (χ4v) is 5.92. The van der Waals surface area contributed by atoms with Crippen LogP contribution in [-0.2, 0) is 32.6 Å². The summed E-state index contributed by atoms with van der Waals surface area (Å²) in [4.78, 5) is 29.3. The molecule has 3 aromatic carbocycles. The van der Waals surface area contributed by atoms with Gasteiger partial charge in [0.25, 0.3) is 0 Å². The van der Waals surface area contributed by atoms with Gasteiger partial charge in [-0.05, 0) is 62.4 Å². The fourth-order valence-electron chi connectivity index (χ4n) is 4.73. The van der Waals surface area contributed by atoms with E-state index < -0.39 is 16.1 Å². The summed E-state index contributed by atoms with van der Waals surface area (Å²) in [6.07, 6.45) is 2.61. The maximum Gasteiger partial charge on any atom is 0.243 e. The largest absolute Gasteiger partial charge is 0.352 e. The zero-order valence-corrected chi connectivity index (χ0v) is 26.7. The van der Waals surface area contributed by atoms with Crippen LogP contribution in [0.25, 0.3) is 0 Å². The molecule has 226 valence electrons. The second-order valence-electron chi connectivity index (χ2n) is 10.9. The lowest BCUT2D eigenvalue weighted by Gasteiger charge is -2.33. The van der Waals surface area contributed by atoms with Crippen LogP contribution in [-0.4, -0.2) is 50.0 Å². The van der Waals surface area contributed by atoms with E-state index >= 15 is 0 Å². The van der Waals surface area contributed by atoms with Gasteiger partial charge in [0, 0.05) is 37.0 Å². The molecule has 0 saturated carbocycles. The zero-order chi connectivity index (χ0) is 30.9. The molecule has 3 aromatic rings. The maximum absolute atomic E-state index is 14.0. The first-order valence-corrected chi connectivity index (χ1v) is 16.6. The zero-order valence-electron chi connectivity index (χ0n) is 25.1. The Labute approximate surface area is 255 Å². The van der Waals surface area contributed by atoms with Crippen molar-refractivity contribution in [1.82, 2.24) is 10.2 Å². The SMILES string of the molecule is CCC(C)NC(=O)C(Cc1ccccc1)N(Cc1ccc(C)cc1)C(=O)CCCN(c1cccc(Cl)c1C)S(C)(=O)=O. The van der Waals surface area contributed by atoms with Crippen molar-refractivity contribution >= 4 is 39.1 Å². The van der Waals surface area contributed by atoms with Crippen LogP contribution in [0.15, 0.2) is 72.8 Å². The van der Waals surface area contributed by atoms with Crippen LogP contribution in [0.5, 0.6) is 0 Å². The molecule has 0 aliphatic heterocycles. The molecule has 7 nitrogen and oxygen atoms in total. The molecule has 0 aliphatic rings. The monoisotopic (exact) mass is 611 g/mol. The van der Waals surface area contributed by atoms with Crippen molar-refractivity contribution in [3.63, 3.8) is 0 Å². The van der Waals surface area contributed by atoms with E-state index in [-0.39, 0.29) is 43.8 Å². The second kappa shape index (κ2) is 15.2. The summed E-state index contributed by atoms with van der Waals surface area (Å²) in [6.45, 7) is 8.08. The van der Waals surface area contributed by atoms with Gasteiger partial charge >= 0.3 is 0 Å². The van der Waals surface area contributed by atoms with Gasteiger partial charge in [0.15, 0.2) is 0 Å². The van der Waals surface area contributed by atoms with Crippen LogP contribution >= 0.6 is 11.6 Å². The summed E-state index contributed by atoms with van der Waals surface area (Å²) in [7, 11) is -3.63. The van der Waals surface area contributed by atoms with E-state index in [1.807, 2.05) is 75.4 Å². The second-order valence-corrected chi connectivity index (χ2v) is 13.2. The molecule has 2 unspecified atom stereocenters. The van der Waals surface area contributed by atoms with Gasteiger partial charge in [-0.15, -0.1) is 0 Å². The summed E-state index contributed by atoms with van der Waals surface area (Å²) in [6, 6.07) is 21.9. The van der Waals surface area contributed by atoms with Crippen LogP contribution in [0.3, 0.4) is 0 Å². The summed E-state index contributed by atoms with van der Waals surface area (Å²) in [5.74, 6) is -0.423. The standard InChI is InChI=1S/C33H42ClN3O4S/c1-6-25(3)35-33(39)31(22-27-12-8-7-9-13-27)36(23-28-19-17-24(2)18-20-28)32(38)16-11-21-37(42(5,40)41)30-15-10-14-29(34)26(30)4/h7-10,12-15,17-20,25,31H,6,11,16,21-23H2,1-5H3,(H,35,39). The Morgan fingerprint density at radius 2 is 1.60 bits per heavy atom. The van der Waals surface area contributed by atoms with Gasteiger partial charge in [-0.2, -0.15) is 0 Å². The number of nitrogens with one attached hydrogen (secondary N) is 1. The van der Waals surface area contributed by atoms with Gasteiger partial charge < -0.3 is 10.2 Å². The third-order valence-corrected chi connectivity index (χ3v) is 9.00. The van der Waals surface area contributed by atoms with Crippen molar-refractivity contribution < 1.29 is 18.0 Å². The van der Waals surface area contributed by atoms with E-state index in [0.29, 0.717) is 22.7 Å². The van der Waals surface area contributed by atoms with Crippen LogP contribution in [0, 0.1) is 13.8 Å². The number of carbonyl (C=O) groups is 2. The molecule has 0 bridgehead atoms. The van der Waals surface area contributed by atoms with E-state index in [1.54, 1.807) is 30.0 Å². The number of carbonyl (C=O) groups excluding carboxylic acids is 2. The third-order valence-electron chi connectivity index (χ3n) is 7.41. The summed E-state index contributed by atoms with van der Waals surface area (Å²) >= 11 is 6.28. The molecule has 0 fully saturated rings. The quantitative estimate of drug-likeness (QED) is 0.240. The Morgan fingerprint density at radius 3 is 2.21 bits per heavy atom. The number of rotatable bonds is 14. The normalized spacial score (nSPS) is 12.8. The predicted octanol–water partition coefficient (Wildman–Crippen LogP) is 6.06. The number of halogens is 1. The molecule has 2 atom stereocenters. The van der Waals surface area contributed by atoms with Crippen LogP contribution < -0.4 is 9.62 Å². The molecule has 0 aliphatic carbocycles. The van der Waals surface area contributed by atoms with Gasteiger partial charge in [-0.1, -0.05) is 84.8 Å². The lowest BCUT2D eigenvalue weighted by atomic mass is 10.0. The first-order chi connectivity index (χ1) is 19.9. The van der Waals surface area contributed by atoms with E-state index in [4.69, 9.17) is 11.6 Å². The summed E-state index contributed by atoms with van der Waals surface area (Å²) < 4.78 is 26.8. The van der Waals surface area contributed by atoms with E-state index in [0.717, 1.165) is 29.4 Å². The predicted molar refractivity (Wildman–Crippen MR) is 171 cm³/mol. The average molecular weight is 612 g/mol. The molecule has 0 aromatic heterocycles. The van der Waals surface area contributed by atoms with Gasteiger partial charge in [0.05, 0.1) is 11.9 Å². The van der Waals surface area contributed by atoms with E-state index in [1.165, 1.54) is 4.31 Å². The molecule has 0 saturated heterocycles. The van der Waals surface area contributed by atoms with Crippen LogP contribution in [0.4, 0.5) is 5.69 Å². The molecular weight excluding hydrogens is 570 g/mol. The smallest absolute Gasteiger partial charge is 0.243 e. The van der Waals surface area contributed by atoms with E-state index in [2.05, 4.69) is 5.32 Å². The average Bonchev–Trinajstić information content (AvgIpc) is 2.95. The minimum absolute atomic E-state index is 0.0450. The Kier molecular flexibility index (Phi) is 12.0. The number of hydrogen-bond donors (Lipinski definition) is 1. The highest BCUT2D eigenvalue weighted by atomic mass is 35.5.